The molecule has 0 fully saturated rings. The molecule has 248 valence electrons. The quantitative estimate of drug-likeness (QED) is 0.0795. The van der Waals surface area contributed by atoms with Gasteiger partial charge in [-0.15, -0.1) is 0 Å². The summed E-state index contributed by atoms with van der Waals surface area (Å²) in [6, 6.07) is 18.3. The van der Waals surface area contributed by atoms with E-state index < -0.39 is 47.9 Å². The smallest absolute Gasteiger partial charge is 0.326 e. The van der Waals surface area contributed by atoms with E-state index in [1.165, 1.54) is 12.1 Å². The number of H-pyrrole nitrogens is 1. The van der Waals surface area contributed by atoms with Crippen molar-refractivity contribution in [2.75, 3.05) is 6.54 Å². The number of amides is 3. The van der Waals surface area contributed by atoms with Gasteiger partial charge in [0, 0.05) is 29.9 Å². The number of carboxylic acids is 1. The molecule has 4 atom stereocenters. The Bertz CT molecular complexity index is 1640. The number of phenols is 1. The Kier molecular flexibility index (Phi) is 12.5. The van der Waals surface area contributed by atoms with Crippen LogP contribution in [0.4, 0.5) is 0 Å². The van der Waals surface area contributed by atoms with Crippen molar-refractivity contribution in [1.82, 2.24) is 20.9 Å². The van der Waals surface area contributed by atoms with E-state index in [0.717, 1.165) is 22.0 Å². The van der Waals surface area contributed by atoms with Gasteiger partial charge in [0.05, 0.1) is 6.04 Å². The van der Waals surface area contributed by atoms with Crippen LogP contribution in [0, 0.1) is 0 Å². The summed E-state index contributed by atoms with van der Waals surface area (Å²) in [7, 11) is 0. The number of aliphatic carboxylic acids is 1. The number of hydrogen-bond donors (Lipinski definition) is 8. The summed E-state index contributed by atoms with van der Waals surface area (Å²) >= 11 is 0. The number of aromatic amines is 1. The summed E-state index contributed by atoms with van der Waals surface area (Å²) < 4.78 is 0. The molecule has 0 spiro atoms. The van der Waals surface area contributed by atoms with Gasteiger partial charge in [-0.1, -0.05) is 60.7 Å². The number of carbonyl (C=O) groups excluding carboxylic acids is 3. The minimum Gasteiger partial charge on any atom is -0.508 e. The highest BCUT2D eigenvalue weighted by molar-refractivity contribution is 5.95. The fourth-order valence-corrected chi connectivity index (χ4v) is 5.34. The number of unbranched alkanes of at least 4 members (excludes halogenated alkanes) is 1. The van der Waals surface area contributed by atoms with Gasteiger partial charge in [0.15, 0.2) is 0 Å². The van der Waals surface area contributed by atoms with Crippen molar-refractivity contribution < 1.29 is 29.4 Å². The molecule has 3 amide bonds. The molecule has 0 aliphatic carbocycles. The van der Waals surface area contributed by atoms with Gasteiger partial charge in [0.2, 0.25) is 17.7 Å². The standard InChI is InChI=1S/C35H42N6O6/c36-17-7-6-12-29(39-32(43)27(37)18-22-8-2-1-3-9-22)33(44)40-30(20-24-21-38-28-11-5-4-10-26(24)28)34(45)41-31(35(46)47)19-23-13-15-25(42)16-14-23/h1-5,8-11,13-16,21,27,29-31,38,42H,6-7,12,17-20,36-37H2,(H,39,43)(H,40,44)(H,41,45)(H,46,47). The number of para-hydroxylation sites is 1. The lowest BCUT2D eigenvalue weighted by Crippen LogP contribution is -2.58. The maximum atomic E-state index is 13.8. The fourth-order valence-electron chi connectivity index (χ4n) is 5.34. The second-order valence-corrected chi connectivity index (χ2v) is 11.5. The third-order valence-electron chi connectivity index (χ3n) is 7.94. The number of aromatic hydroxyl groups is 1. The largest absolute Gasteiger partial charge is 0.508 e. The molecule has 12 nitrogen and oxygen atoms in total. The molecule has 4 aromatic rings. The first-order valence-corrected chi connectivity index (χ1v) is 15.6. The third kappa shape index (κ3) is 10.1. The number of hydrogen-bond acceptors (Lipinski definition) is 7. The van der Waals surface area contributed by atoms with Crippen LogP contribution < -0.4 is 27.4 Å². The van der Waals surface area contributed by atoms with Gasteiger partial charge in [0.25, 0.3) is 0 Å². The predicted octanol–water partition coefficient (Wildman–Crippen LogP) is 1.90. The zero-order chi connectivity index (χ0) is 33.8. The van der Waals surface area contributed by atoms with Gasteiger partial charge < -0.3 is 42.6 Å². The maximum absolute atomic E-state index is 13.8. The molecule has 1 aromatic heterocycles. The molecular weight excluding hydrogens is 600 g/mol. The van der Waals surface area contributed by atoms with Gasteiger partial charge in [-0.25, -0.2) is 4.79 Å². The first kappa shape index (κ1) is 34.7. The van der Waals surface area contributed by atoms with Crippen molar-refractivity contribution >= 4 is 34.6 Å². The second-order valence-electron chi connectivity index (χ2n) is 11.5. The number of nitrogens with one attached hydrogen (secondary N) is 4. The van der Waals surface area contributed by atoms with Gasteiger partial charge in [-0.05, 0) is 67.1 Å². The van der Waals surface area contributed by atoms with E-state index in [-0.39, 0.29) is 31.4 Å². The van der Waals surface area contributed by atoms with Gasteiger partial charge >= 0.3 is 5.97 Å². The molecule has 0 saturated carbocycles. The molecule has 0 aliphatic heterocycles. The van der Waals surface area contributed by atoms with Crippen LogP contribution in [0.15, 0.2) is 85.1 Å². The highest BCUT2D eigenvalue weighted by atomic mass is 16.4. The Morgan fingerprint density at radius 3 is 2.02 bits per heavy atom. The molecule has 0 bridgehead atoms. The Morgan fingerprint density at radius 1 is 0.702 bits per heavy atom. The second kappa shape index (κ2) is 16.9. The highest BCUT2D eigenvalue weighted by Crippen LogP contribution is 2.20. The maximum Gasteiger partial charge on any atom is 0.326 e. The normalized spacial score (nSPS) is 13.7. The van der Waals surface area contributed by atoms with Gasteiger partial charge in [-0.2, -0.15) is 0 Å². The van der Waals surface area contributed by atoms with E-state index in [0.29, 0.717) is 24.9 Å². The van der Waals surface area contributed by atoms with Crippen LogP contribution >= 0.6 is 0 Å². The topological polar surface area (TPSA) is 213 Å². The number of carbonyl (C=O) groups is 4. The summed E-state index contributed by atoms with van der Waals surface area (Å²) in [5, 5.41) is 28.5. The number of nitrogens with two attached hydrogens (primary N) is 2. The van der Waals surface area contributed by atoms with Crippen molar-refractivity contribution in [3.63, 3.8) is 0 Å². The first-order chi connectivity index (χ1) is 22.6. The number of rotatable bonds is 17. The van der Waals surface area contributed by atoms with E-state index in [1.54, 1.807) is 18.3 Å². The van der Waals surface area contributed by atoms with Crippen molar-refractivity contribution in [3.05, 3.63) is 102 Å². The Hall–Kier alpha value is -5.20. The lowest BCUT2D eigenvalue weighted by Gasteiger charge is -2.25. The van der Waals surface area contributed by atoms with E-state index in [2.05, 4.69) is 20.9 Å². The van der Waals surface area contributed by atoms with Crippen LogP contribution in [0.2, 0.25) is 0 Å². The summed E-state index contributed by atoms with van der Waals surface area (Å²) in [6.07, 6.45) is 3.42. The molecular formula is C35H42N6O6. The zero-order valence-corrected chi connectivity index (χ0v) is 26.0. The summed E-state index contributed by atoms with van der Waals surface area (Å²) in [5.74, 6) is -3.06. The molecule has 10 N–H and O–H groups in total. The molecule has 4 unspecified atom stereocenters. The number of aromatic nitrogens is 1. The fraction of sp³-hybridized carbons (Fsp3) is 0.314. The van der Waals surface area contributed by atoms with Crippen LogP contribution in [-0.4, -0.2) is 69.6 Å². The molecule has 12 heteroatoms. The summed E-state index contributed by atoms with van der Waals surface area (Å²) in [4.78, 5) is 56.0. The summed E-state index contributed by atoms with van der Waals surface area (Å²) in [5.41, 5.74) is 14.9. The van der Waals surface area contributed by atoms with Crippen molar-refractivity contribution in [3.8, 4) is 5.75 Å². The molecule has 47 heavy (non-hydrogen) atoms. The number of benzene rings is 3. The average Bonchev–Trinajstić information content (AvgIpc) is 3.47. The Morgan fingerprint density at radius 2 is 1.32 bits per heavy atom. The van der Waals surface area contributed by atoms with Crippen molar-refractivity contribution in [1.29, 1.82) is 0 Å². The number of carboxylic acid groups (broad SMARTS) is 1. The monoisotopic (exact) mass is 642 g/mol. The lowest BCUT2D eigenvalue weighted by molar-refractivity contribution is -0.142. The molecule has 1 heterocycles. The zero-order valence-electron chi connectivity index (χ0n) is 26.0. The van der Waals surface area contributed by atoms with E-state index in [1.807, 2.05) is 54.6 Å². The van der Waals surface area contributed by atoms with Crippen LogP contribution in [-0.2, 0) is 38.4 Å². The van der Waals surface area contributed by atoms with E-state index in [9.17, 15) is 29.4 Å². The SMILES string of the molecule is NCCCCC(NC(=O)C(N)Cc1ccccc1)C(=O)NC(Cc1c[nH]c2ccccc12)C(=O)NC(Cc1ccc(O)cc1)C(=O)O. The van der Waals surface area contributed by atoms with Crippen molar-refractivity contribution in [2.24, 2.45) is 11.5 Å². The van der Waals surface area contributed by atoms with Gasteiger partial charge in [0.1, 0.15) is 23.9 Å². The first-order valence-electron chi connectivity index (χ1n) is 15.6. The molecule has 0 saturated heterocycles. The third-order valence-corrected chi connectivity index (χ3v) is 7.94. The average molecular weight is 643 g/mol. The minimum absolute atomic E-state index is 0.0281. The summed E-state index contributed by atoms with van der Waals surface area (Å²) in [6.45, 7) is 0.402. The number of phenolic OH excluding ortho intramolecular Hbond substituents is 1. The van der Waals surface area contributed by atoms with Crippen LogP contribution in [0.3, 0.4) is 0 Å². The highest BCUT2D eigenvalue weighted by Gasteiger charge is 2.31. The minimum atomic E-state index is -1.31. The van der Waals surface area contributed by atoms with Crippen molar-refractivity contribution in [2.45, 2.75) is 62.7 Å². The van der Waals surface area contributed by atoms with E-state index in [4.69, 9.17) is 11.5 Å². The molecule has 0 aliphatic rings. The molecule has 3 aromatic carbocycles. The van der Waals surface area contributed by atoms with E-state index >= 15 is 0 Å². The molecule has 0 radical (unpaired) electrons. The molecule has 4 rings (SSSR count). The van der Waals surface area contributed by atoms with Crippen LogP contribution in [0.25, 0.3) is 10.9 Å². The Labute approximate surface area is 272 Å². The van der Waals surface area contributed by atoms with Gasteiger partial charge in [-0.3, -0.25) is 14.4 Å². The van der Waals surface area contributed by atoms with Crippen LogP contribution in [0.5, 0.6) is 5.75 Å². The predicted molar refractivity (Wildman–Crippen MR) is 178 cm³/mol. The number of fused-ring (bicyclic) bond motifs is 1. The van der Waals surface area contributed by atoms with Crippen LogP contribution in [0.1, 0.15) is 36.0 Å². The Balaban J connectivity index is 1.54. The lowest BCUT2D eigenvalue weighted by atomic mass is 10.0.